The topological polar surface area (TPSA) is 104 Å². The Kier molecular flexibility index (Phi) is 5.08. The van der Waals surface area contributed by atoms with Gasteiger partial charge >= 0.3 is 0 Å². The van der Waals surface area contributed by atoms with Gasteiger partial charge in [0.2, 0.25) is 5.88 Å². The Morgan fingerprint density at radius 2 is 2.04 bits per heavy atom. The van der Waals surface area contributed by atoms with E-state index in [4.69, 9.17) is 0 Å². The number of nitriles is 1. The van der Waals surface area contributed by atoms with Crippen molar-refractivity contribution in [1.29, 1.82) is 5.26 Å². The maximum atomic E-state index is 12.9. The van der Waals surface area contributed by atoms with Crippen LogP contribution in [0.15, 0.2) is 63.8 Å². The Balaban J connectivity index is 2.12. The summed E-state index contributed by atoms with van der Waals surface area (Å²) in [5.41, 5.74) is 2.11. The van der Waals surface area contributed by atoms with E-state index < -0.39 is 11.4 Å². The number of benzene rings is 1. The van der Waals surface area contributed by atoms with Crippen molar-refractivity contribution in [3.05, 3.63) is 81.4 Å². The zero-order valence-electron chi connectivity index (χ0n) is 14.9. The van der Waals surface area contributed by atoms with E-state index in [1.54, 1.807) is 37.5 Å². The standard InChI is InChI=1S/C20H17N5O2/c1-13-5-3-7-16(9-13)23-24-18-14(2)17(10-21)19(26)25(20(18)27)12-15-6-4-8-22-11-15/h3-9,11,26H,12H2,1-2H3. The Morgan fingerprint density at radius 1 is 1.22 bits per heavy atom. The van der Waals surface area contributed by atoms with E-state index in [-0.39, 0.29) is 17.8 Å². The molecular formula is C20H17N5O2. The van der Waals surface area contributed by atoms with E-state index in [9.17, 15) is 15.2 Å². The van der Waals surface area contributed by atoms with Crippen LogP contribution in [0.1, 0.15) is 22.3 Å². The minimum Gasteiger partial charge on any atom is -0.493 e. The molecule has 7 nitrogen and oxygen atoms in total. The molecule has 0 saturated carbocycles. The van der Waals surface area contributed by atoms with Crippen LogP contribution in [0.25, 0.3) is 0 Å². The lowest BCUT2D eigenvalue weighted by Crippen LogP contribution is -2.22. The first-order valence-corrected chi connectivity index (χ1v) is 8.25. The smallest absolute Gasteiger partial charge is 0.281 e. The van der Waals surface area contributed by atoms with E-state index in [1.807, 2.05) is 31.2 Å². The maximum Gasteiger partial charge on any atom is 0.281 e. The van der Waals surface area contributed by atoms with E-state index in [1.165, 1.54) is 0 Å². The second-order valence-corrected chi connectivity index (χ2v) is 6.08. The summed E-state index contributed by atoms with van der Waals surface area (Å²) in [6.07, 6.45) is 3.20. The van der Waals surface area contributed by atoms with Gasteiger partial charge in [0, 0.05) is 18.0 Å². The molecular weight excluding hydrogens is 342 g/mol. The first-order valence-electron chi connectivity index (χ1n) is 8.25. The molecule has 0 radical (unpaired) electrons. The van der Waals surface area contributed by atoms with Crippen molar-refractivity contribution in [2.45, 2.75) is 20.4 Å². The van der Waals surface area contributed by atoms with Crippen LogP contribution < -0.4 is 5.56 Å². The van der Waals surface area contributed by atoms with Crippen molar-refractivity contribution >= 4 is 11.4 Å². The number of pyridine rings is 2. The first kappa shape index (κ1) is 18.0. The van der Waals surface area contributed by atoms with Gasteiger partial charge in [0.05, 0.1) is 12.2 Å². The van der Waals surface area contributed by atoms with Gasteiger partial charge in [-0.3, -0.25) is 14.3 Å². The molecule has 2 aromatic heterocycles. The fraction of sp³-hybridized carbons (Fsp3) is 0.150. The zero-order valence-corrected chi connectivity index (χ0v) is 14.9. The van der Waals surface area contributed by atoms with Crippen molar-refractivity contribution in [3.63, 3.8) is 0 Å². The van der Waals surface area contributed by atoms with Gasteiger partial charge in [-0.05, 0) is 43.2 Å². The number of rotatable bonds is 4. The van der Waals surface area contributed by atoms with Gasteiger partial charge in [-0.15, -0.1) is 5.11 Å². The van der Waals surface area contributed by atoms with Crippen molar-refractivity contribution in [2.75, 3.05) is 0 Å². The lowest BCUT2D eigenvalue weighted by molar-refractivity contribution is 0.412. The highest BCUT2D eigenvalue weighted by molar-refractivity contribution is 5.57. The number of aryl methyl sites for hydroxylation is 1. The molecule has 27 heavy (non-hydrogen) atoms. The lowest BCUT2D eigenvalue weighted by atomic mass is 10.1. The molecule has 0 spiro atoms. The van der Waals surface area contributed by atoms with Gasteiger partial charge in [-0.2, -0.15) is 10.4 Å². The molecule has 0 aliphatic carbocycles. The molecule has 1 aromatic carbocycles. The number of hydrogen-bond acceptors (Lipinski definition) is 6. The average Bonchev–Trinajstić information content (AvgIpc) is 2.66. The fourth-order valence-electron chi connectivity index (χ4n) is 2.68. The fourth-order valence-corrected chi connectivity index (χ4v) is 2.68. The molecule has 0 amide bonds. The van der Waals surface area contributed by atoms with E-state index in [0.29, 0.717) is 16.8 Å². The largest absolute Gasteiger partial charge is 0.493 e. The summed E-state index contributed by atoms with van der Waals surface area (Å²) < 4.78 is 1.10. The average molecular weight is 359 g/mol. The predicted molar refractivity (Wildman–Crippen MR) is 101 cm³/mol. The van der Waals surface area contributed by atoms with Crippen LogP contribution >= 0.6 is 0 Å². The Morgan fingerprint density at radius 3 is 2.70 bits per heavy atom. The highest BCUT2D eigenvalue weighted by Crippen LogP contribution is 2.27. The van der Waals surface area contributed by atoms with Crippen molar-refractivity contribution in [1.82, 2.24) is 9.55 Å². The second-order valence-electron chi connectivity index (χ2n) is 6.08. The van der Waals surface area contributed by atoms with Gasteiger partial charge in [0.15, 0.2) is 5.69 Å². The molecule has 134 valence electrons. The molecule has 1 N–H and O–H groups in total. The summed E-state index contributed by atoms with van der Waals surface area (Å²) in [5, 5.41) is 28.0. The van der Waals surface area contributed by atoms with Crippen LogP contribution in [-0.2, 0) is 6.54 Å². The number of azo groups is 1. The number of hydrogen-bond donors (Lipinski definition) is 1. The Labute approximate surface area is 155 Å². The molecule has 0 saturated heterocycles. The second kappa shape index (κ2) is 7.62. The summed E-state index contributed by atoms with van der Waals surface area (Å²) in [7, 11) is 0. The van der Waals surface area contributed by atoms with Gasteiger partial charge in [-0.25, -0.2) is 0 Å². The van der Waals surface area contributed by atoms with Crippen molar-refractivity contribution < 1.29 is 5.11 Å². The van der Waals surface area contributed by atoms with E-state index >= 15 is 0 Å². The molecule has 0 bridgehead atoms. The zero-order chi connectivity index (χ0) is 19.4. The summed E-state index contributed by atoms with van der Waals surface area (Å²) in [6, 6.07) is 12.8. The number of nitrogens with zero attached hydrogens (tertiary/aromatic N) is 5. The van der Waals surface area contributed by atoms with Gasteiger partial charge in [0.1, 0.15) is 11.6 Å². The van der Waals surface area contributed by atoms with Crippen LogP contribution in [0.3, 0.4) is 0 Å². The minimum absolute atomic E-state index is 0.00307. The van der Waals surface area contributed by atoms with Gasteiger partial charge in [-0.1, -0.05) is 18.2 Å². The lowest BCUT2D eigenvalue weighted by Gasteiger charge is -2.12. The first-order chi connectivity index (χ1) is 13.0. The third kappa shape index (κ3) is 3.75. The SMILES string of the molecule is Cc1cccc(N=Nc2c(C)c(C#N)c(O)n(Cc3cccnc3)c2=O)c1. The summed E-state index contributed by atoms with van der Waals surface area (Å²) in [4.78, 5) is 16.9. The molecule has 0 unspecified atom stereocenters. The molecule has 0 aliphatic rings. The summed E-state index contributed by atoms with van der Waals surface area (Å²) >= 11 is 0. The normalized spacial score (nSPS) is 10.9. The van der Waals surface area contributed by atoms with E-state index in [2.05, 4.69) is 15.2 Å². The van der Waals surface area contributed by atoms with Crippen LogP contribution in [0, 0.1) is 25.2 Å². The Bertz CT molecular complexity index is 1110. The number of aromatic hydroxyl groups is 1. The third-order valence-corrected chi connectivity index (χ3v) is 4.10. The summed E-state index contributed by atoms with van der Waals surface area (Å²) in [5.74, 6) is -0.390. The molecule has 3 aromatic rings. The Hall–Kier alpha value is -3.79. The van der Waals surface area contributed by atoms with Crippen LogP contribution in [0.5, 0.6) is 5.88 Å². The van der Waals surface area contributed by atoms with Gasteiger partial charge in [0.25, 0.3) is 5.56 Å². The highest BCUT2D eigenvalue weighted by atomic mass is 16.3. The molecule has 0 fully saturated rings. The monoisotopic (exact) mass is 359 g/mol. The van der Waals surface area contributed by atoms with Crippen molar-refractivity contribution in [3.8, 4) is 11.9 Å². The van der Waals surface area contributed by atoms with Crippen molar-refractivity contribution in [2.24, 2.45) is 10.2 Å². The quantitative estimate of drug-likeness (QED) is 0.713. The molecule has 3 rings (SSSR count). The minimum atomic E-state index is -0.524. The van der Waals surface area contributed by atoms with Crippen LogP contribution in [-0.4, -0.2) is 14.7 Å². The van der Waals surface area contributed by atoms with Gasteiger partial charge < -0.3 is 5.11 Å². The molecule has 7 heteroatoms. The molecule has 0 atom stereocenters. The molecule has 2 heterocycles. The molecule has 0 aliphatic heterocycles. The predicted octanol–water partition coefficient (Wildman–Crippen LogP) is 3.90. The maximum absolute atomic E-state index is 12.9. The van der Waals surface area contributed by atoms with E-state index in [0.717, 1.165) is 10.1 Å². The van der Waals surface area contributed by atoms with Crippen LogP contribution in [0.4, 0.5) is 11.4 Å². The summed E-state index contributed by atoms with van der Waals surface area (Å²) in [6.45, 7) is 3.57. The highest BCUT2D eigenvalue weighted by Gasteiger charge is 2.19. The number of aromatic nitrogens is 2. The third-order valence-electron chi connectivity index (χ3n) is 4.10. The van der Waals surface area contributed by atoms with Crippen LogP contribution in [0.2, 0.25) is 0 Å².